The number of benzene rings is 5. The van der Waals surface area contributed by atoms with Crippen molar-refractivity contribution in [2.24, 2.45) is 0 Å². The average Bonchev–Trinajstić information content (AvgIpc) is 2.98. The predicted molar refractivity (Wildman–Crippen MR) is 165 cm³/mol. The van der Waals surface area contributed by atoms with Gasteiger partial charge in [0.05, 0.1) is 0 Å². The SMILES string of the molecule is CC(NCC(P(c1ccccc1)c1ccccc1)P(c1ccccc1)c1ccccc1)c1ccccc1. The first kappa shape index (κ1) is 25.6. The molecule has 1 unspecified atom stereocenters. The van der Waals surface area contributed by atoms with Crippen LogP contribution < -0.4 is 26.5 Å². The first-order chi connectivity index (χ1) is 18.3. The van der Waals surface area contributed by atoms with Crippen LogP contribution in [0.5, 0.6) is 0 Å². The van der Waals surface area contributed by atoms with Gasteiger partial charge in [-0.05, 0) is 49.5 Å². The molecule has 0 aromatic heterocycles. The highest BCUT2D eigenvalue weighted by Gasteiger charge is 2.33. The van der Waals surface area contributed by atoms with Gasteiger partial charge in [0.15, 0.2) is 0 Å². The zero-order valence-corrected chi connectivity index (χ0v) is 23.0. The van der Waals surface area contributed by atoms with E-state index in [0.29, 0.717) is 5.40 Å². The molecule has 0 bridgehead atoms. The van der Waals surface area contributed by atoms with Crippen LogP contribution in [0.2, 0.25) is 0 Å². The number of rotatable bonds is 10. The van der Waals surface area contributed by atoms with Crippen molar-refractivity contribution in [1.29, 1.82) is 0 Å². The molecule has 5 rings (SSSR count). The second kappa shape index (κ2) is 12.9. The van der Waals surface area contributed by atoms with Crippen LogP contribution in [0, 0.1) is 0 Å². The highest BCUT2D eigenvalue weighted by Crippen LogP contribution is 2.56. The maximum atomic E-state index is 3.97. The first-order valence-electron chi connectivity index (χ1n) is 12.9. The van der Waals surface area contributed by atoms with Crippen LogP contribution in [0.3, 0.4) is 0 Å². The molecule has 5 aromatic rings. The Morgan fingerprint density at radius 1 is 0.459 bits per heavy atom. The first-order valence-corrected chi connectivity index (χ1v) is 15.7. The minimum Gasteiger partial charge on any atom is -0.309 e. The summed E-state index contributed by atoms with van der Waals surface area (Å²) in [4.78, 5) is 0. The van der Waals surface area contributed by atoms with Gasteiger partial charge in [0.25, 0.3) is 0 Å². The maximum absolute atomic E-state index is 3.97. The molecule has 184 valence electrons. The standard InChI is InChI=1S/C34H33NP2/c1-28(29-17-7-2-8-18-29)35-27-34(36(30-19-9-3-10-20-30)31-21-11-4-12-22-31)37(32-23-13-5-14-24-32)33-25-15-6-16-26-33/h2-26,28,34-35H,27H2,1H3. The third-order valence-electron chi connectivity index (χ3n) is 6.64. The van der Waals surface area contributed by atoms with Crippen molar-refractivity contribution in [3.63, 3.8) is 0 Å². The molecule has 37 heavy (non-hydrogen) atoms. The second-order valence-electron chi connectivity index (χ2n) is 9.10. The topological polar surface area (TPSA) is 12.0 Å². The third kappa shape index (κ3) is 6.44. The van der Waals surface area contributed by atoms with Crippen LogP contribution in [0.15, 0.2) is 152 Å². The molecule has 5 aromatic carbocycles. The number of nitrogens with one attached hydrogen (secondary N) is 1. The Labute approximate surface area is 224 Å². The highest BCUT2D eigenvalue weighted by molar-refractivity contribution is 7.89. The molecular weight excluding hydrogens is 484 g/mol. The summed E-state index contributed by atoms with van der Waals surface area (Å²) in [5.74, 6) is 0. The van der Waals surface area contributed by atoms with Crippen molar-refractivity contribution in [2.75, 3.05) is 6.54 Å². The summed E-state index contributed by atoms with van der Waals surface area (Å²) in [6, 6.07) is 55.8. The molecule has 0 spiro atoms. The van der Waals surface area contributed by atoms with Crippen molar-refractivity contribution in [3.05, 3.63) is 157 Å². The van der Waals surface area contributed by atoms with Crippen molar-refractivity contribution in [1.82, 2.24) is 5.32 Å². The van der Waals surface area contributed by atoms with E-state index in [1.165, 1.54) is 26.8 Å². The van der Waals surface area contributed by atoms with Gasteiger partial charge in [-0.3, -0.25) is 0 Å². The summed E-state index contributed by atoms with van der Waals surface area (Å²) in [6.45, 7) is 3.22. The van der Waals surface area contributed by atoms with Crippen molar-refractivity contribution < 1.29 is 0 Å². The van der Waals surface area contributed by atoms with Crippen LogP contribution >= 0.6 is 15.8 Å². The van der Waals surface area contributed by atoms with Gasteiger partial charge in [-0.2, -0.15) is 0 Å². The van der Waals surface area contributed by atoms with E-state index in [1.807, 2.05) is 0 Å². The van der Waals surface area contributed by atoms with Gasteiger partial charge in [-0.25, -0.2) is 0 Å². The van der Waals surface area contributed by atoms with Crippen molar-refractivity contribution in [3.8, 4) is 0 Å². The fourth-order valence-electron chi connectivity index (χ4n) is 4.78. The largest absolute Gasteiger partial charge is 0.309 e. The van der Waals surface area contributed by atoms with Crippen LogP contribution in [0.1, 0.15) is 18.5 Å². The Morgan fingerprint density at radius 2 is 0.757 bits per heavy atom. The Bertz CT molecular complexity index is 1170. The van der Waals surface area contributed by atoms with E-state index in [0.717, 1.165) is 6.54 Å². The third-order valence-corrected chi connectivity index (χ3v) is 13.0. The van der Waals surface area contributed by atoms with Gasteiger partial charge in [-0.15, -0.1) is 0 Å². The second-order valence-corrected chi connectivity index (χ2v) is 14.3. The van der Waals surface area contributed by atoms with Crippen molar-refractivity contribution in [2.45, 2.75) is 18.4 Å². The van der Waals surface area contributed by atoms with Gasteiger partial charge in [0.2, 0.25) is 0 Å². The van der Waals surface area contributed by atoms with E-state index in [-0.39, 0.29) is 6.04 Å². The summed E-state index contributed by atoms with van der Waals surface area (Å²) in [7, 11) is -1.27. The molecule has 0 aliphatic carbocycles. The Balaban J connectivity index is 1.63. The Kier molecular flexibility index (Phi) is 8.94. The monoisotopic (exact) mass is 517 g/mol. The highest BCUT2D eigenvalue weighted by atomic mass is 31.2. The van der Waals surface area contributed by atoms with E-state index < -0.39 is 15.8 Å². The normalized spacial score (nSPS) is 12.2. The smallest absolute Gasteiger partial charge is 0.0292 e. The summed E-state index contributed by atoms with van der Waals surface area (Å²) in [6.07, 6.45) is 0. The molecule has 0 aliphatic heterocycles. The van der Waals surface area contributed by atoms with Crippen LogP contribution in [-0.4, -0.2) is 11.9 Å². The Hall–Kier alpha value is -3.08. The van der Waals surface area contributed by atoms with Gasteiger partial charge in [0, 0.05) is 18.0 Å². The van der Waals surface area contributed by atoms with Gasteiger partial charge >= 0.3 is 0 Å². The van der Waals surface area contributed by atoms with Crippen LogP contribution in [0.4, 0.5) is 0 Å². The summed E-state index contributed by atoms with van der Waals surface area (Å²) >= 11 is 0. The fourth-order valence-corrected chi connectivity index (χ4v) is 11.8. The number of hydrogen-bond acceptors (Lipinski definition) is 1. The van der Waals surface area contributed by atoms with Gasteiger partial charge in [-0.1, -0.05) is 152 Å². The minimum atomic E-state index is -0.634. The lowest BCUT2D eigenvalue weighted by Crippen LogP contribution is -2.36. The minimum absolute atomic E-state index is 0.274. The molecule has 0 heterocycles. The fraction of sp³-hybridized carbons (Fsp3) is 0.118. The van der Waals surface area contributed by atoms with Gasteiger partial charge in [0.1, 0.15) is 0 Å². The molecular formula is C34H33NP2. The lowest BCUT2D eigenvalue weighted by Gasteiger charge is -2.37. The summed E-state index contributed by atoms with van der Waals surface area (Å²) in [5.41, 5.74) is 1.33. The maximum Gasteiger partial charge on any atom is 0.0292 e. The van der Waals surface area contributed by atoms with E-state index in [9.17, 15) is 0 Å². The predicted octanol–water partition coefficient (Wildman–Crippen LogP) is 6.93. The lowest BCUT2D eigenvalue weighted by molar-refractivity contribution is 0.593. The van der Waals surface area contributed by atoms with E-state index >= 15 is 0 Å². The molecule has 0 aliphatic rings. The molecule has 0 saturated heterocycles. The Morgan fingerprint density at radius 3 is 1.08 bits per heavy atom. The van der Waals surface area contributed by atoms with Crippen molar-refractivity contribution >= 4 is 37.1 Å². The molecule has 0 fully saturated rings. The van der Waals surface area contributed by atoms with E-state index in [4.69, 9.17) is 0 Å². The molecule has 1 nitrogen and oxygen atoms in total. The van der Waals surface area contributed by atoms with E-state index in [2.05, 4.69) is 164 Å². The summed E-state index contributed by atoms with van der Waals surface area (Å²) < 4.78 is 0. The summed E-state index contributed by atoms with van der Waals surface area (Å²) in [5, 5.41) is 10.1. The molecule has 1 atom stereocenters. The van der Waals surface area contributed by atoms with Crippen LogP contribution in [0.25, 0.3) is 0 Å². The molecule has 1 N–H and O–H groups in total. The average molecular weight is 518 g/mol. The molecule has 0 saturated carbocycles. The molecule has 3 heteroatoms. The molecule has 0 amide bonds. The quantitative estimate of drug-likeness (QED) is 0.198. The number of hydrogen-bond donors (Lipinski definition) is 1. The zero-order chi connectivity index (χ0) is 25.3. The molecule has 0 radical (unpaired) electrons. The lowest BCUT2D eigenvalue weighted by atomic mass is 10.1. The van der Waals surface area contributed by atoms with Crippen LogP contribution in [-0.2, 0) is 0 Å². The van der Waals surface area contributed by atoms with Gasteiger partial charge < -0.3 is 5.32 Å². The van der Waals surface area contributed by atoms with E-state index in [1.54, 1.807) is 0 Å². The zero-order valence-electron chi connectivity index (χ0n) is 21.2.